The molecule has 2 unspecified atom stereocenters. The van der Waals surface area contributed by atoms with E-state index < -0.39 is 0 Å². The van der Waals surface area contributed by atoms with Crippen LogP contribution >= 0.6 is 0 Å². The number of anilines is 1. The lowest BCUT2D eigenvalue weighted by molar-refractivity contribution is 0.158. The minimum Gasteiger partial charge on any atom is -0.366 e. The van der Waals surface area contributed by atoms with E-state index in [1.165, 1.54) is 48.9 Å². The molecule has 4 heterocycles. The van der Waals surface area contributed by atoms with Crippen molar-refractivity contribution in [3.63, 3.8) is 0 Å². The first kappa shape index (κ1) is 20.8. The number of allylic oxidation sites excluding steroid dienone is 1. The first-order valence-corrected chi connectivity index (χ1v) is 12.7. The summed E-state index contributed by atoms with van der Waals surface area (Å²) in [7, 11) is 2.20. The van der Waals surface area contributed by atoms with Crippen molar-refractivity contribution in [2.75, 3.05) is 25.0 Å². The number of hydrogen-bond acceptors (Lipinski definition) is 4. The molecule has 0 saturated carbocycles. The summed E-state index contributed by atoms with van der Waals surface area (Å²) >= 11 is 0. The van der Waals surface area contributed by atoms with Crippen LogP contribution in [-0.2, 0) is 11.8 Å². The van der Waals surface area contributed by atoms with Crippen LogP contribution in [0.4, 0.5) is 5.82 Å². The van der Waals surface area contributed by atoms with Crippen molar-refractivity contribution in [2.24, 2.45) is 0 Å². The Morgan fingerprint density at radius 1 is 1.03 bits per heavy atom. The van der Waals surface area contributed by atoms with Gasteiger partial charge in [0.05, 0.1) is 11.7 Å². The average Bonchev–Trinajstić information content (AvgIpc) is 3.43. The van der Waals surface area contributed by atoms with Crippen molar-refractivity contribution in [1.82, 2.24) is 19.5 Å². The van der Waals surface area contributed by atoms with Crippen LogP contribution in [0.2, 0.25) is 0 Å². The molecule has 33 heavy (non-hydrogen) atoms. The molecule has 1 spiro atoms. The highest BCUT2D eigenvalue weighted by atomic mass is 15.4. The van der Waals surface area contributed by atoms with Crippen LogP contribution in [0, 0.1) is 6.92 Å². The quantitative estimate of drug-likeness (QED) is 0.456. The fraction of sp³-hybridized carbons (Fsp3) is 0.500. The van der Waals surface area contributed by atoms with Crippen molar-refractivity contribution in [3.8, 4) is 0 Å². The fourth-order valence-electron chi connectivity index (χ4n) is 6.65. The molecule has 5 heteroatoms. The summed E-state index contributed by atoms with van der Waals surface area (Å²) < 4.78 is 2.07. The molecule has 2 atom stereocenters. The molecule has 5 nitrogen and oxygen atoms in total. The number of fused-ring (bicyclic) bond motifs is 5. The maximum atomic E-state index is 5.16. The van der Waals surface area contributed by atoms with Crippen LogP contribution in [-0.4, -0.2) is 39.6 Å². The van der Waals surface area contributed by atoms with E-state index in [0.29, 0.717) is 0 Å². The number of hydrogen-bond donors (Lipinski definition) is 0. The summed E-state index contributed by atoms with van der Waals surface area (Å²) in [4.78, 5) is 9.82. The Kier molecular flexibility index (Phi) is 4.97. The van der Waals surface area contributed by atoms with Gasteiger partial charge in [0.15, 0.2) is 5.65 Å². The van der Waals surface area contributed by atoms with Crippen molar-refractivity contribution < 1.29 is 0 Å². The van der Waals surface area contributed by atoms with Gasteiger partial charge in [-0.3, -0.25) is 0 Å². The molecule has 0 N–H and O–H groups in total. The maximum Gasteiger partial charge on any atom is 0.157 e. The number of piperidine rings is 1. The monoisotopic (exact) mass is 441 g/mol. The maximum absolute atomic E-state index is 5.16. The van der Waals surface area contributed by atoms with Gasteiger partial charge in [-0.05, 0) is 63.0 Å². The first-order chi connectivity index (χ1) is 16.1. The third-order valence-corrected chi connectivity index (χ3v) is 8.39. The highest BCUT2D eigenvalue weighted by Gasteiger charge is 2.44. The molecule has 1 fully saturated rings. The molecule has 2 aromatic heterocycles. The molecule has 172 valence electrons. The van der Waals surface area contributed by atoms with E-state index in [0.717, 1.165) is 55.2 Å². The van der Waals surface area contributed by atoms with E-state index >= 15 is 0 Å². The third kappa shape index (κ3) is 3.27. The zero-order chi connectivity index (χ0) is 22.6. The van der Waals surface area contributed by atoms with Gasteiger partial charge in [0.2, 0.25) is 0 Å². The van der Waals surface area contributed by atoms with Gasteiger partial charge in [-0.15, -0.1) is 0 Å². The van der Waals surface area contributed by atoms with Crippen LogP contribution in [0.25, 0.3) is 5.65 Å². The number of benzene rings is 1. The average molecular weight is 442 g/mol. The largest absolute Gasteiger partial charge is 0.366 e. The number of aryl methyl sites for hydroxylation is 2. The SMILES string of the molecule is C=C1N2CCCCC2c2cc3nc(C)cc(n3n2)N(C)CCCCC12CCc1ccccc12. The molecule has 0 radical (unpaired) electrons. The van der Waals surface area contributed by atoms with E-state index in [1.54, 1.807) is 0 Å². The zero-order valence-electron chi connectivity index (χ0n) is 20.1. The van der Waals surface area contributed by atoms with Gasteiger partial charge in [-0.2, -0.15) is 9.61 Å². The number of nitrogens with zero attached hydrogens (tertiary/aromatic N) is 5. The number of aromatic nitrogens is 3. The Bertz CT molecular complexity index is 1210. The molecule has 2 bridgehead atoms. The van der Waals surface area contributed by atoms with Gasteiger partial charge in [0, 0.05) is 49.1 Å². The second-order valence-corrected chi connectivity index (χ2v) is 10.4. The predicted molar refractivity (Wildman–Crippen MR) is 134 cm³/mol. The fourth-order valence-corrected chi connectivity index (χ4v) is 6.65. The molecule has 2 aliphatic heterocycles. The van der Waals surface area contributed by atoms with Crippen LogP contribution in [0.3, 0.4) is 0 Å². The summed E-state index contributed by atoms with van der Waals surface area (Å²) in [6.07, 6.45) is 9.48. The Balaban J connectivity index is 1.50. The molecule has 1 aliphatic carbocycles. The molecule has 0 amide bonds. The van der Waals surface area contributed by atoms with Gasteiger partial charge in [0.25, 0.3) is 0 Å². The highest BCUT2D eigenvalue weighted by molar-refractivity contribution is 5.52. The summed E-state index contributed by atoms with van der Waals surface area (Å²) in [5.41, 5.74) is 7.57. The van der Waals surface area contributed by atoms with E-state index in [2.05, 4.69) is 64.7 Å². The standard InChI is InChI=1S/C28H35N5/c1-20-18-27-31(3)16-9-7-14-28(15-13-22-10-4-5-11-23(22)28)21(2)32-17-8-6-12-25(32)24-19-26(29-20)33(27)30-24/h4-5,10-11,18-19,25H,2,6-9,12-17H2,1,3H3. The smallest absolute Gasteiger partial charge is 0.157 e. The molecule has 6 rings (SSSR count). The number of rotatable bonds is 0. The summed E-state index contributed by atoms with van der Waals surface area (Å²) in [5, 5.41) is 5.16. The Labute approximate surface area is 197 Å². The Morgan fingerprint density at radius 2 is 1.88 bits per heavy atom. The lowest BCUT2D eigenvalue weighted by atomic mass is 9.73. The van der Waals surface area contributed by atoms with Crippen molar-refractivity contribution in [1.29, 1.82) is 0 Å². The van der Waals surface area contributed by atoms with Crippen LogP contribution < -0.4 is 4.90 Å². The van der Waals surface area contributed by atoms with Gasteiger partial charge in [0.1, 0.15) is 5.82 Å². The predicted octanol–water partition coefficient (Wildman–Crippen LogP) is 5.58. The Hall–Kier alpha value is -2.82. The van der Waals surface area contributed by atoms with Crippen molar-refractivity contribution >= 4 is 11.5 Å². The molecule has 3 aliphatic rings. The van der Waals surface area contributed by atoms with Gasteiger partial charge in [-0.25, -0.2) is 4.98 Å². The van der Waals surface area contributed by atoms with Crippen molar-refractivity contribution in [2.45, 2.75) is 69.7 Å². The van der Waals surface area contributed by atoms with Gasteiger partial charge >= 0.3 is 0 Å². The van der Waals surface area contributed by atoms with E-state index in [-0.39, 0.29) is 11.5 Å². The van der Waals surface area contributed by atoms with Crippen LogP contribution in [0.1, 0.15) is 73.5 Å². The van der Waals surface area contributed by atoms with Crippen LogP contribution in [0.5, 0.6) is 0 Å². The molecule has 1 saturated heterocycles. The second-order valence-electron chi connectivity index (χ2n) is 10.4. The van der Waals surface area contributed by atoms with Crippen molar-refractivity contribution in [3.05, 3.63) is 71.2 Å². The molecular formula is C28H35N5. The first-order valence-electron chi connectivity index (χ1n) is 12.7. The van der Waals surface area contributed by atoms with Gasteiger partial charge in [-0.1, -0.05) is 37.3 Å². The van der Waals surface area contributed by atoms with Crippen LogP contribution in [0.15, 0.2) is 48.7 Å². The third-order valence-electron chi connectivity index (χ3n) is 8.39. The Morgan fingerprint density at radius 3 is 2.79 bits per heavy atom. The summed E-state index contributed by atoms with van der Waals surface area (Å²) in [6, 6.07) is 13.8. The van der Waals surface area contributed by atoms with E-state index in [9.17, 15) is 0 Å². The zero-order valence-corrected chi connectivity index (χ0v) is 20.1. The minimum atomic E-state index is 0.0503. The minimum absolute atomic E-state index is 0.0503. The molecule has 1 aromatic carbocycles. The normalized spacial score (nSPS) is 25.6. The molecular weight excluding hydrogens is 406 g/mol. The molecule has 3 aromatic rings. The topological polar surface area (TPSA) is 36.7 Å². The highest BCUT2D eigenvalue weighted by Crippen LogP contribution is 2.51. The van der Waals surface area contributed by atoms with E-state index in [4.69, 9.17) is 16.7 Å². The second kappa shape index (κ2) is 7.89. The summed E-state index contributed by atoms with van der Waals surface area (Å²) in [6.45, 7) is 9.02. The lowest BCUT2D eigenvalue weighted by Gasteiger charge is -2.45. The van der Waals surface area contributed by atoms with Gasteiger partial charge < -0.3 is 9.80 Å². The summed E-state index contributed by atoms with van der Waals surface area (Å²) in [5.74, 6) is 1.14. The lowest BCUT2D eigenvalue weighted by Crippen LogP contribution is -2.41. The van der Waals surface area contributed by atoms with E-state index in [1.807, 2.05) is 0 Å².